The Morgan fingerprint density at radius 1 is 0.810 bits per heavy atom. The quantitative estimate of drug-likeness (QED) is 0.707. The molecule has 0 aliphatic heterocycles. The molecule has 0 saturated heterocycles. The van der Waals surface area contributed by atoms with Gasteiger partial charge in [0.15, 0.2) is 0 Å². The summed E-state index contributed by atoms with van der Waals surface area (Å²) < 4.78 is 12.2. The van der Waals surface area contributed by atoms with E-state index in [-0.39, 0.29) is 6.10 Å². The van der Waals surface area contributed by atoms with E-state index in [1.165, 1.54) is 64.2 Å². The van der Waals surface area contributed by atoms with Crippen molar-refractivity contribution >= 4 is 8.88 Å². The molecule has 2 saturated carbocycles. The highest BCUT2D eigenvalue weighted by Gasteiger charge is 2.43. The molecule has 2 aliphatic rings. The summed E-state index contributed by atoms with van der Waals surface area (Å²) in [5, 5.41) is 0. The van der Waals surface area contributed by atoms with E-state index in [1.54, 1.807) is 7.11 Å². The molecule has 0 aromatic heterocycles. The van der Waals surface area contributed by atoms with E-state index >= 15 is 0 Å². The molecule has 4 nitrogen and oxygen atoms in total. The molecular weight excluding hydrogens is 280 g/mol. The van der Waals surface area contributed by atoms with Crippen LogP contribution in [-0.4, -0.2) is 34.2 Å². The van der Waals surface area contributed by atoms with Crippen molar-refractivity contribution in [2.24, 2.45) is 0 Å². The summed E-state index contributed by atoms with van der Waals surface area (Å²) in [7, 11) is -0.702. The fraction of sp³-hybridized carbons (Fsp3) is 1.00. The second-order valence-electron chi connectivity index (χ2n) is 6.95. The zero-order chi connectivity index (χ0) is 15.1. The molecule has 2 N–H and O–H groups in total. The summed E-state index contributed by atoms with van der Waals surface area (Å²) in [4.78, 5) is 7.56. The first-order chi connectivity index (χ1) is 10.1. The van der Waals surface area contributed by atoms with Crippen molar-refractivity contribution in [2.75, 3.05) is 7.11 Å². The highest BCUT2D eigenvalue weighted by molar-refractivity contribution is 6.62. The average Bonchev–Trinajstić information content (AvgIpc) is 2.48. The van der Waals surface area contributed by atoms with E-state index in [4.69, 9.17) is 8.85 Å². The van der Waals surface area contributed by atoms with Crippen LogP contribution in [0, 0.1) is 0 Å². The minimum Gasteiger partial charge on any atom is -0.374 e. The number of rotatable bonds is 7. The Morgan fingerprint density at radius 2 is 1.24 bits per heavy atom. The minimum absolute atomic E-state index is 0.184. The lowest BCUT2D eigenvalue weighted by Crippen LogP contribution is -2.72. The van der Waals surface area contributed by atoms with E-state index in [2.05, 4.69) is 23.8 Å². The second-order valence-corrected chi connectivity index (χ2v) is 9.40. The molecule has 2 aliphatic carbocycles. The van der Waals surface area contributed by atoms with Gasteiger partial charge in [-0.25, -0.2) is 0 Å². The van der Waals surface area contributed by atoms with E-state index < -0.39 is 8.88 Å². The molecule has 0 atom stereocenters. The topological polar surface area (TPSA) is 42.5 Å². The van der Waals surface area contributed by atoms with Crippen LogP contribution in [0.4, 0.5) is 0 Å². The van der Waals surface area contributed by atoms with Crippen LogP contribution in [0.2, 0.25) is 0 Å². The maximum Gasteiger partial charge on any atom is 0.517 e. The van der Waals surface area contributed by atoms with Crippen LogP contribution < -0.4 is 9.96 Å². The smallest absolute Gasteiger partial charge is 0.374 e. The van der Waals surface area contributed by atoms with Crippen LogP contribution in [0.15, 0.2) is 0 Å². The summed E-state index contributed by atoms with van der Waals surface area (Å²) in [6.45, 7) is 4.21. The van der Waals surface area contributed by atoms with E-state index in [0.717, 1.165) is 0 Å². The number of nitrogens with one attached hydrogen (secondary N) is 2. The molecule has 0 bridgehead atoms. The highest BCUT2D eigenvalue weighted by atomic mass is 28.4. The van der Waals surface area contributed by atoms with Gasteiger partial charge in [0.05, 0.1) is 0 Å². The second kappa shape index (κ2) is 8.63. The molecule has 2 fully saturated rings. The van der Waals surface area contributed by atoms with E-state index in [9.17, 15) is 0 Å². The molecule has 0 radical (unpaired) electrons. The highest BCUT2D eigenvalue weighted by Crippen LogP contribution is 2.22. The summed E-state index contributed by atoms with van der Waals surface area (Å²) in [6.07, 6.45) is 13.3. The maximum absolute atomic E-state index is 6.29. The van der Waals surface area contributed by atoms with Gasteiger partial charge in [0.1, 0.15) is 0 Å². The van der Waals surface area contributed by atoms with Gasteiger partial charge in [-0.1, -0.05) is 38.5 Å². The predicted molar refractivity (Wildman–Crippen MR) is 89.0 cm³/mol. The predicted octanol–water partition coefficient (Wildman–Crippen LogP) is 3.34. The Kier molecular flexibility index (Phi) is 7.15. The molecule has 0 aromatic carbocycles. The van der Waals surface area contributed by atoms with Crippen molar-refractivity contribution in [2.45, 2.75) is 96.2 Å². The van der Waals surface area contributed by atoms with Gasteiger partial charge in [0.25, 0.3) is 0 Å². The minimum atomic E-state index is -2.51. The Morgan fingerprint density at radius 3 is 1.57 bits per heavy atom. The van der Waals surface area contributed by atoms with Crippen LogP contribution >= 0.6 is 0 Å². The third-order valence-electron chi connectivity index (χ3n) is 4.69. The molecule has 0 unspecified atom stereocenters. The molecule has 0 heterocycles. The summed E-state index contributed by atoms with van der Waals surface area (Å²) in [5.41, 5.74) is 0. The third kappa shape index (κ3) is 5.64. The van der Waals surface area contributed by atoms with Gasteiger partial charge >= 0.3 is 8.88 Å². The summed E-state index contributed by atoms with van der Waals surface area (Å²) >= 11 is 0. The van der Waals surface area contributed by atoms with Gasteiger partial charge in [-0.05, 0) is 39.5 Å². The van der Waals surface area contributed by atoms with Crippen molar-refractivity contribution in [3.05, 3.63) is 0 Å². The molecule has 0 amide bonds. The monoisotopic (exact) mass is 314 g/mol. The van der Waals surface area contributed by atoms with Crippen molar-refractivity contribution < 1.29 is 8.85 Å². The van der Waals surface area contributed by atoms with Gasteiger partial charge in [-0.3, -0.25) is 9.96 Å². The largest absolute Gasteiger partial charge is 0.517 e. The van der Waals surface area contributed by atoms with Gasteiger partial charge in [-0.15, -0.1) is 0 Å². The number of hydrogen-bond acceptors (Lipinski definition) is 4. The first kappa shape index (κ1) is 17.4. The Bertz CT molecular complexity index is 270. The van der Waals surface area contributed by atoms with E-state index in [0.29, 0.717) is 12.1 Å². The normalized spacial score (nSPS) is 22.9. The van der Waals surface area contributed by atoms with Gasteiger partial charge < -0.3 is 8.85 Å². The summed E-state index contributed by atoms with van der Waals surface area (Å²) in [5.74, 6) is 0. The lowest BCUT2D eigenvalue weighted by atomic mass is 9.96. The molecule has 5 heteroatoms. The maximum atomic E-state index is 6.29. The van der Waals surface area contributed by atoms with Crippen LogP contribution in [0.5, 0.6) is 0 Å². The molecule has 0 aromatic rings. The van der Waals surface area contributed by atoms with Gasteiger partial charge in [-0.2, -0.15) is 0 Å². The Hall–Kier alpha value is 0.0569. The summed E-state index contributed by atoms with van der Waals surface area (Å²) in [6, 6.07) is 1.11. The molecule has 124 valence electrons. The van der Waals surface area contributed by atoms with Gasteiger partial charge in [0.2, 0.25) is 0 Å². The molecule has 0 spiro atoms. The lowest BCUT2D eigenvalue weighted by molar-refractivity contribution is 0.119. The number of hydrogen-bond donors (Lipinski definition) is 2. The van der Waals surface area contributed by atoms with Crippen LogP contribution in [0.1, 0.15) is 78.1 Å². The lowest BCUT2D eigenvalue weighted by Gasteiger charge is -2.39. The average molecular weight is 315 g/mol. The SMILES string of the molecule is CO[Si](NC1CCCCC1)(NC1CCCCC1)OC(C)C. The zero-order valence-electron chi connectivity index (χ0n) is 14.1. The van der Waals surface area contributed by atoms with Crippen LogP contribution in [-0.2, 0) is 8.85 Å². The molecule has 21 heavy (non-hydrogen) atoms. The Labute approximate surface area is 131 Å². The third-order valence-corrected chi connectivity index (χ3v) is 7.64. The molecule has 2 rings (SSSR count). The first-order valence-corrected chi connectivity index (χ1v) is 10.7. The van der Waals surface area contributed by atoms with Crippen LogP contribution in [0.3, 0.4) is 0 Å². The van der Waals surface area contributed by atoms with Crippen molar-refractivity contribution in [3.63, 3.8) is 0 Å². The van der Waals surface area contributed by atoms with Crippen molar-refractivity contribution in [1.29, 1.82) is 0 Å². The Balaban J connectivity index is 1.99. The van der Waals surface area contributed by atoms with Gasteiger partial charge in [0, 0.05) is 25.3 Å². The standard InChI is InChI=1S/C16H34N2O2Si/c1-14(2)20-21(19-3,17-15-10-6-4-7-11-15)18-16-12-8-5-9-13-16/h14-18H,4-13H2,1-3H3. The first-order valence-electron chi connectivity index (χ1n) is 8.92. The van der Waals surface area contributed by atoms with Crippen LogP contribution in [0.25, 0.3) is 0 Å². The van der Waals surface area contributed by atoms with E-state index in [1.807, 2.05) is 0 Å². The zero-order valence-corrected chi connectivity index (χ0v) is 15.1. The van der Waals surface area contributed by atoms with Crippen molar-refractivity contribution in [1.82, 2.24) is 9.96 Å². The fourth-order valence-electron chi connectivity index (χ4n) is 3.64. The fourth-order valence-corrected chi connectivity index (χ4v) is 6.51. The molecular formula is C16H34N2O2Si. The van der Waals surface area contributed by atoms with Crippen molar-refractivity contribution in [3.8, 4) is 0 Å².